The number of nitrogens with one attached hydrogen (secondary N) is 1. The first-order chi connectivity index (χ1) is 19.4. The summed E-state index contributed by atoms with van der Waals surface area (Å²) in [4.78, 5) is 24.3. The molecule has 2 fully saturated rings. The normalized spacial score (nSPS) is 22.4. The maximum atomic E-state index is 13.0. The lowest BCUT2D eigenvalue weighted by Gasteiger charge is -2.46. The average Bonchev–Trinajstić information content (AvgIpc) is 3.34. The molecule has 2 atom stereocenters. The van der Waals surface area contributed by atoms with Gasteiger partial charge < -0.3 is 14.8 Å². The van der Waals surface area contributed by atoms with Gasteiger partial charge in [0.25, 0.3) is 0 Å². The molecule has 2 aliphatic rings. The van der Waals surface area contributed by atoms with E-state index in [1.54, 1.807) is 24.3 Å². The number of hydrogen-bond acceptors (Lipinski definition) is 3. The van der Waals surface area contributed by atoms with E-state index in [9.17, 15) is 14.7 Å². The number of amides is 1. The molecule has 2 N–H and O–H groups in total. The minimum atomic E-state index is -1.97. The monoisotopic (exact) mass is 617 g/mol. The van der Waals surface area contributed by atoms with Crippen molar-refractivity contribution in [2.45, 2.75) is 102 Å². The molecule has 41 heavy (non-hydrogen) atoms. The first-order valence-electron chi connectivity index (χ1n) is 15.1. The zero-order valence-electron chi connectivity index (χ0n) is 25.2. The van der Waals surface area contributed by atoms with Gasteiger partial charge >= 0.3 is 5.97 Å². The third-order valence-electron chi connectivity index (χ3n) is 9.71. The highest BCUT2D eigenvalue weighted by atomic mass is 35.5. The molecule has 0 radical (unpaired) electrons. The Morgan fingerprint density at radius 1 is 0.878 bits per heavy atom. The third kappa shape index (κ3) is 6.56. The van der Waals surface area contributed by atoms with E-state index in [-0.39, 0.29) is 35.3 Å². The number of aromatic carboxylic acids is 1. The number of carboxylic acids is 1. The van der Waals surface area contributed by atoms with Gasteiger partial charge in [0.1, 0.15) is 0 Å². The van der Waals surface area contributed by atoms with E-state index in [4.69, 9.17) is 27.6 Å². The standard InChI is InChI=1S/C33H45Cl2NO4Si/c1-19(2)41(20(3)4,21(5)6)40-26-13-11-23(12-14-26)30(27-15-16-36-32(27)37)31-28(34)17-25(18-29(31)35)22-7-9-24(10-8-22)33(38)39/h7-10,17-21,23,26-27,30H,11-16H2,1-6H3,(H,36,37)(H,38,39)/t23?,26?,27?,30-/m1/s1. The Morgan fingerprint density at radius 3 is 1.85 bits per heavy atom. The third-order valence-corrected chi connectivity index (χ3v) is 16.5. The molecule has 1 aliphatic carbocycles. The zero-order valence-corrected chi connectivity index (χ0v) is 27.7. The van der Waals surface area contributed by atoms with Crippen LogP contribution in [-0.2, 0) is 9.22 Å². The van der Waals surface area contributed by atoms with Crippen molar-refractivity contribution in [3.63, 3.8) is 0 Å². The van der Waals surface area contributed by atoms with Crippen molar-refractivity contribution in [1.82, 2.24) is 5.32 Å². The lowest BCUT2D eigenvalue weighted by atomic mass is 9.69. The summed E-state index contributed by atoms with van der Waals surface area (Å²) in [6.07, 6.45) is 4.95. The molecule has 0 aromatic heterocycles. The van der Waals surface area contributed by atoms with Gasteiger partial charge in [-0.05, 0) is 95.6 Å². The number of benzene rings is 2. The summed E-state index contributed by atoms with van der Waals surface area (Å²) in [6.45, 7) is 14.7. The van der Waals surface area contributed by atoms with E-state index in [1.807, 2.05) is 12.1 Å². The summed E-state index contributed by atoms with van der Waals surface area (Å²) in [7, 11) is -1.97. The molecule has 1 unspecified atom stereocenters. The Balaban J connectivity index is 1.61. The molecule has 0 spiro atoms. The van der Waals surface area contributed by atoms with E-state index in [1.165, 1.54) is 0 Å². The number of carboxylic acid groups (broad SMARTS) is 1. The van der Waals surface area contributed by atoms with Crippen LogP contribution < -0.4 is 5.32 Å². The second-order valence-corrected chi connectivity index (χ2v) is 19.1. The molecule has 8 heteroatoms. The minimum Gasteiger partial charge on any atom is -0.478 e. The predicted octanol–water partition coefficient (Wildman–Crippen LogP) is 9.33. The maximum absolute atomic E-state index is 13.0. The van der Waals surface area contributed by atoms with Crippen LogP contribution in [-0.4, -0.2) is 37.9 Å². The van der Waals surface area contributed by atoms with Gasteiger partial charge in [0.2, 0.25) is 14.2 Å². The molecule has 1 heterocycles. The van der Waals surface area contributed by atoms with E-state index in [0.717, 1.165) is 48.8 Å². The first-order valence-corrected chi connectivity index (χ1v) is 18.0. The molecular weight excluding hydrogens is 573 g/mol. The number of carbonyl (C=O) groups excluding carboxylic acids is 1. The van der Waals surface area contributed by atoms with E-state index in [2.05, 4.69) is 46.9 Å². The van der Waals surface area contributed by atoms with Crippen LogP contribution in [0.15, 0.2) is 36.4 Å². The fourth-order valence-corrected chi connectivity index (χ4v) is 14.2. The molecule has 2 aromatic carbocycles. The maximum Gasteiger partial charge on any atom is 0.335 e. The summed E-state index contributed by atoms with van der Waals surface area (Å²) in [5.41, 5.74) is 4.39. The summed E-state index contributed by atoms with van der Waals surface area (Å²) < 4.78 is 7.15. The van der Waals surface area contributed by atoms with Gasteiger partial charge in [-0.1, -0.05) is 76.9 Å². The molecular formula is C33H45Cl2NO4Si. The molecule has 2 aromatic rings. The molecule has 224 valence electrons. The molecule has 1 saturated carbocycles. The van der Waals surface area contributed by atoms with Crippen LogP contribution in [0.3, 0.4) is 0 Å². The van der Waals surface area contributed by atoms with Crippen LogP contribution in [0.25, 0.3) is 11.1 Å². The highest BCUT2D eigenvalue weighted by Crippen LogP contribution is 2.50. The van der Waals surface area contributed by atoms with E-state index < -0.39 is 14.3 Å². The van der Waals surface area contributed by atoms with Crippen molar-refractivity contribution in [3.05, 3.63) is 57.6 Å². The Morgan fingerprint density at radius 2 is 1.41 bits per heavy atom. The Kier molecular flexibility index (Phi) is 10.3. The fourth-order valence-electron chi connectivity index (χ4n) is 7.86. The molecule has 5 nitrogen and oxygen atoms in total. The van der Waals surface area contributed by atoms with Gasteiger partial charge in [-0.2, -0.15) is 0 Å². The highest BCUT2D eigenvalue weighted by molar-refractivity contribution is 6.77. The predicted molar refractivity (Wildman–Crippen MR) is 171 cm³/mol. The summed E-state index contributed by atoms with van der Waals surface area (Å²) in [6, 6.07) is 10.5. The smallest absolute Gasteiger partial charge is 0.335 e. The van der Waals surface area contributed by atoms with E-state index in [0.29, 0.717) is 33.2 Å². The van der Waals surface area contributed by atoms with Gasteiger partial charge in [0.15, 0.2) is 0 Å². The second-order valence-electron chi connectivity index (χ2n) is 12.9. The van der Waals surface area contributed by atoms with Gasteiger partial charge in [0.05, 0.1) is 5.56 Å². The van der Waals surface area contributed by atoms with Gasteiger partial charge in [-0.25, -0.2) is 4.79 Å². The lowest BCUT2D eigenvalue weighted by molar-refractivity contribution is -0.123. The topological polar surface area (TPSA) is 75.6 Å². The Labute approximate surface area is 256 Å². The SMILES string of the molecule is CC(C)[Si](OC1CCC([C@@H](c2c(Cl)cc(-c3ccc(C(=O)O)cc3)cc2Cl)C2CCNC2=O)CC1)(C(C)C)C(C)C. The molecule has 4 rings (SSSR count). The van der Waals surface area contributed by atoms with Crippen molar-refractivity contribution in [3.8, 4) is 11.1 Å². The van der Waals surface area contributed by atoms with Crippen molar-refractivity contribution >= 4 is 43.4 Å². The lowest BCUT2D eigenvalue weighted by Crippen LogP contribution is -2.50. The second kappa shape index (κ2) is 13.2. The van der Waals surface area contributed by atoms with Crippen molar-refractivity contribution < 1.29 is 19.1 Å². The Hall–Kier alpha value is -1.86. The number of carbonyl (C=O) groups is 2. The highest BCUT2D eigenvalue weighted by Gasteiger charge is 2.48. The zero-order chi connectivity index (χ0) is 30.1. The van der Waals surface area contributed by atoms with Crippen LogP contribution >= 0.6 is 23.2 Å². The van der Waals surface area contributed by atoms with Crippen LogP contribution in [0.1, 0.15) is 95.5 Å². The van der Waals surface area contributed by atoms with Gasteiger partial charge in [-0.15, -0.1) is 0 Å². The van der Waals surface area contributed by atoms with Crippen LogP contribution in [0, 0.1) is 11.8 Å². The molecule has 0 bridgehead atoms. The largest absolute Gasteiger partial charge is 0.478 e. The minimum absolute atomic E-state index is 0.0656. The van der Waals surface area contributed by atoms with Crippen LogP contribution in [0.5, 0.6) is 0 Å². The van der Waals surface area contributed by atoms with Gasteiger partial charge in [0, 0.05) is 34.5 Å². The molecule has 1 amide bonds. The average molecular weight is 619 g/mol. The first kappa shape index (κ1) is 32.1. The fraction of sp³-hybridized carbons (Fsp3) is 0.576. The number of halogens is 2. The van der Waals surface area contributed by atoms with Crippen LogP contribution in [0.2, 0.25) is 26.7 Å². The van der Waals surface area contributed by atoms with Gasteiger partial charge in [-0.3, -0.25) is 4.79 Å². The molecule has 1 aliphatic heterocycles. The Bertz CT molecular complexity index is 1190. The number of rotatable bonds is 10. The number of hydrogen-bond donors (Lipinski definition) is 2. The summed E-state index contributed by atoms with van der Waals surface area (Å²) in [5.74, 6) is -0.827. The van der Waals surface area contributed by atoms with Crippen LogP contribution in [0.4, 0.5) is 0 Å². The van der Waals surface area contributed by atoms with Crippen molar-refractivity contribution in [1.29, 1.82) is 0 Å². The summed E-state index contributed by atoms with van der Waals surface area (Å²) >= 11 is 14.0. The van der Waals surface area contributed by atoms with E-state index >= 15 is 0 Å². The van der Waals surface area contributed by atoms with Crippen molar-refractivity contribution in [2.24, 2.45) is 11.8 Å². The molecule has 1 saturated heterocycles. The van der Waals surface area contributed by atoms with Crippen molar-refractivity contribution in [2.75, 3.05) is 6.54 Å². The quantitative estimate of drug-likeness (QED) is 0.260. The summed E-state index contributed by atoms with van der Waals surface area (Å²) in [5, 5.41) is 13.4.